The summed E-state index contributed by atoms with van der Waals surface area (Å²) in [5, 5.41) is 10.6. The third-order valence-corrected chi connectivity index (χ3v) is 21.4. The quantitative estimate of drug-likeness (QED) is 0.0222. The zero-order valence-electron chi connectivity index (χ0n) is 65.8. The summed E-state index contributed by atoms with van der Waals surface area (Å²) in [5.74, 6) is 1.00. The van der Waals surface area contributed by atoms with Gasteiger partial charge in [0.25, 0.3) is 0 Å². The Labute approximate surface area is 613 Å². The molecule has 0 rings (SSSR count). The molecule has 0 radical (unpaired) electrons. The monoisotopic (exact) mass is 1470 g/mol. The minimum absolute atomic E-state index is 0.104. The van der Waals surface area contributed by atoms with Gasteiger partial charge >= 0.3 is 39.5 Å². The number of hydrogen-bond donors (Lipinski definition) is 3. The van der Waals surface area contributed by atoms with Crippen LogP contribution < -0.4 is 0 Å². The maximum atomic E-state index is 13.1. The Morgan fingerprint density at radius 1 is 0.280 bits per heavy atom. The fraction of sp³-hybridized carbons (Fsp3) is 0.951. The first-order valence-corrected chi connectivity index (χ1v) is 44.8. The highest BCUT2D eigenvalue weighted by Gasteiger charge is 2.30. The summed E-state index contributed by atoms with van der Waals surface area (Å²) < 4.78 is 68.6. The molecule has 17 nitrogen and oxygen atoms in total. The van der Waals surface area contributed by atoms with Crippen molar-refractivity contribution in [2.24, 2.45) is 23.7 Å². The SMILES string of the molecule is CCC(C)CCCCCCCCCCCCCCCCCCCCC(=O)OC[C@H](COP(=O)(O)OCC(O)COP(=O)(O)OC[C@@H](COC(=O)CCCCCCCCCC(C)C)OC(=O)CCCCCCCCCCCCCCCCC(C)CC)OC(=O)CCCCCCCCCC(C)C. The minimum Gasteiger partial charge on any atom is -0.462 e. The molecule has 0 aliphatic rings. The number of unbranched alkanes of at least 4 members (excludes halogenated alkanes) is 42. The molecule has 0 bridgehead atoms. The van der Waals surface area contributed by atoms with Crippen molar-refractivity contribution in [2.45, 2.75) is 433 Å². The van der Waals surface area contributed by atoms with Crippen LogP contribution in [0, 0.1) is 23.7 Å². The fourth-order valence-corrected chi connectivity index (χ4v) is 13.9. The Balaban J connectivity index is 5.13. The Morgan fingerprint density at radius 3 is 0.710 bits per heavy atom. The molecule has 0 aliphatic carbocycles. The highest BCUT2D eigenvalue weighted by atomic mass is 31.2. The van der Waals surface area contributed by atoms with Gasteiger partial charge in [-0.05, 0) is 49.4 Å². The van der Waals surface area contributed by atoms with Crippen LogP contribution in [0.3, 0.4) is 0 Å². The molecule has 0 aromatic heterocycles. The summed E-state index contributed by atoms with van der Waals surface area (Å²) in [4.78, 5) is 72.9. The van der Waals surface area contributed by atoms with Crippen molar-refractivity contribution in [3.8, 4) is 0 Å². The van der Waals surface area contributed by atoms with Crippen LogP contribution in [-0.2, 0) is 65.4 Å². The molecule has 0 aromatic carbocycles. The van der Waals surface area contributed by atoms with Crippen LogP contribution in [0.1, 0.15) is 415 Å². The van der Waals surface area contributed by atoms with Gasteiger partial charge < -0.3 is 33.8 Å². The van der Waals surface area contributed by atoms with E-state index in [2.05, 4.69) is 55.4 Å². The molecule has 3 N–H and O–H groups in total. The van der Waals surface area contributed by atoms with E-state index in [4.69, 9.17) is 37.0 Å². The Hall–Kier alpha value is -1.94. The molecule has 0 aromatic rings. The topological polar surface area (TPSA) is 237 Å². The number of ether oxygens (including phenoxy) is 4. The minimum atomic E-state index is -4.96. The van der Waals surface area contributed by atoms with E-state index in [-0.39, 0.29) is 25.7 Å². The Morgan fingerprint density at radius 2 is 0.480 bits per heavy atom. The summed E-state index contributed by atoms with van der Waals surface area (Å²) in [6, 6.07) is 0. The van der Waals surface area contributed by atoms with Crippen molar-refractivity contribution in [3.63, 3.8) is 0 Å². The number of rotatable bonds is 78. The largest absolute Gasteiger partial charge is 0.472 e. The number of hydrogen-bond acceptors (Lipinski definition) is 15. The molecule has 5 unspecified atom stereocenters. The lowest BCUT2D eigenvalue weighted by Crippen LogP contribution is -2.30. The fourth-order valence-electron chi connectivity index (χ4n) is 12.4. The van der Waals surface area contributed by atoms with Crippen molar-refractivity contribution in [1.29, 1.82) is 0 Å². The van der Waals surface area contributed by atoms with Gasteiger partial charge in [0, 0.05) is 25.7 Å². The second-order valence-corrected chi connectivity index (χ2v) is 33.5. The number of esters is 4. The summed E-state index contributed by atoms with van der Waals surface area (Å²) in [7, 11) is -9.92. The predicted octanol–water partition coefficient (Wildman–Crippen LogP) is 24.0. The maximum Gasteiger partial charge on any atom is 0.472 e. The number of carbonyl (C=O) groups is 4. The third-order valence-electron chi connectivity index (χ3n) is 19.5. The summed E-state index contributed by atoms with van der Waals surface area (Å²) >= 11 is 0. The summed E-state index contributed by atoms with van der Waals surface area (Å²) in [5.41, 5.74) is 0. The lowest BCUT2D eigenvalue weighted by molar-refractivity contribution is -0.161. The molecule has 0 saturated heterocycles. The van der Waals surface area contributed by atoms with Gasteiger partial charge in [-0.25, -0.2) is 9.13 Å². The van der Waals surface area contributed by atoms with E-state index < -0.39 is 97.5 Å². The van der Waals surface area contributed by atoms with E-state index in [1.165, 1.54) is 212 Å². The van der Waals surface area contributed by atoms with Gasteiger partial charge in [-0.1, -0.05) is 364 Å². The van der Waals surface area contributed by atoms with Crippen LogP contribution in [-0.4, -0.2) is 96.7 Å². The Bertz CT molecular complexity index is 1960. The van der Waals surface area contributed by atoms with Crippen LogP contribution in [0.15, 0.2) is 0 Å². The standard InChI is InChI=1S/C81H158O17P2/c1-9-73(7)59-51-43-35-27-23-19-15-13-11-12-14-16-21-25-29-37-45-53-61-78(83)91-67-77(98-81(86)64-56-48-40-32-34-42-50-58-72(5)6)70-96-100(89,90)94-66-75(82)65-93-99(87,88)95-69-76(68-92-79(84)62-54-46-39-31-33-41-49-57-71(3)4)97-80(85)63-55-47-38-30-26-22-18-17-20-24-28-36-44-52-60-74(8)10-2/h71-77,82H,9-70H2,1-8H3,(H,87,88)(H,89,90)/t73?,74?,75?,76-,77-/m1/s1. The number of aliphatic hydroxyl groups excluding tert-OH is 1. The van der Waals surface area contributed by atoms with Crippen LogP contribution in [0.2, 0.25) is 0 Å². The average Bonchev–Trinajstić information content (AvgIpc) is 0.936. The number of phosphoric acid groups is 2. The molecule has 0 aliphatic heterocycles. The van der Waals surface area contributed by atoms with Crippen LogP contribution in [0.5, 0.6) is 0 Å². The zero-order valence-corrected chi connectivity index (χ0v) is 67.6. The van der Waals surface area contributed by atoms with Crippen molar-refractivity contribution >= 4 is 39.5 Å². The van der Waals surface area contributed by atoms with Gasteiger partial charge in [-0.3, -0.25) is 37.3 Å². The van der Waals surface area contributed by atoms with Crippen LogP contribution in [0.25, 0.3) is 0 Å². The molecule has 100 heavy (non-hydrogen) atoms. The van der Waals surface area contributed by atoms with E-state index >= 15 is 0 Å². The normalized spacial score (nSPS) is 14.6. The molecular weight excluding hydrogens is 1310 g/mol. The molecule has 0 amide bonds. The summed E-state index contributed by atoms with van der Waals surface area (Å²) in [6.45, 7) is 14.2. The van der Waals surface area contributed by atoms with Gasteiger partial charge in [-0.2, -0.15) is 0 Å². The van der Waals surface area contributed by atoms with E-state index in [0.717, 1.165) is 108 Å². The first kappa shape index (κ1) is 98.1. The van der Waals surface area contributed by atoms with Gasteiger partial charge in [0.2, 0.25) is 0 Å². The van der Waals surface area contributed by atoms with Gasteiger partial charge in [0.05, 0.1) is 26.4 Å². The van der Waals surface area contributed by atoms with E-state index in [1.807, 2.05) is 0 Å². The highest BCUT2D eigenvalue weighted by Crippen LogP contribution is 2.45. The second kappa shape index (κ2) is 70.1. The van der Waals surface area contributed by atoms with Gasteiger partial charge in [0.15, 0.2) is 12.2 Å². The lowest BCUT2D eigenvalue weighted by Gasteiger charge is -2.21. The average molecular weight is 1470 g/mol. The van der Waals surface area contributed by atoms with Crippen LogP contribution in [0.4, 0.5) is 0 Å². The second-order valence-electron chi connectivity index (χ2n) is 30.6. The predicted molar refractivity (Wildman–Crippen MR) is 409 cm³/mol. The van der Waals surface area contributed by atoms with Gasteiger partial charge in [-0.15, -0.1) is 0 Å². The molecule has 0 fully saturated rings. The van der Waals surface area contributed by atoms with E-state index in [9.17, 15) is 43.2 Å². The molecule has 19 heteroatoms. The maximum absolute atomic E-state index is 13.1. The van der Waals surface area contributed by atoms with Crippen molar-refractivity contribution in [2.75, 3.05) is 39.6 Å². The molecule has 0 saturated carbocycles. The molecule has 7 atom stereocenters. The first-order valence-electron chi connectivity index (χ1n) is 41.8. The lowest BCUT2D eigenvalue weighted by atomic mass is 9.99. The van der Waals surface area contributed by atoms with E-state index in [1.54, 1.807) is 0 Å². The Kier molecular flexibility index (Phi) is 68.7. The van der Waals surface area contributed by atoms with Gasteiger partial charge in [0.1, 0.15) is 19.3 Å². The first-order chi connectivity index (χ1) is 48.2. The molecule has 594 valence electrons. The van der Waals surface area contributed by atoms with Crippen LogP contribution >= 0.6 is 15.6 Å². The third kappa shape index (κ3) is 71.7. The number of carbonyl (C=O) groups excluding carboxylic acids is 4. The number of aliphatic hydroxyl groups is 1. The van der Waals surface area contributed by atoms with Crippen molar-refractivity contribution < 1.29 is 80.2 Å². The van der Waals surface area contributed by atoms with Crippen molar-refractivity contribution in [3.05, 3.63) is 0 Å². The van der Waals surface area contributed by atoms with E-state index in [0.29, 0.717) is 37.5 Å². The number of phosphoric ester groups is 2. The molecule has 0 heterocycles. The van der Waals surface area contributed by atoms with Crippen molar-refractivity contribution in [1.82, 2.24) is 0 Å². The molecule has 0 spiro atoms. The summed E-state index contributed by atoms with van der Waals surface area (Å²) in [6.07, 6.45) is 57.1. The highest BCUT2D eigenvalue weighted by molar-refractivity contribution is 7.47. The zero-order chi connectivity index (χ0) is 73.8. The molecular formula is C81H158O17P2. The smallest absolute Gasteiger partial charge is 0.462 e.